The lowest BCUT2D eigenvalue weighted by Gasteiger charge is -2.44. The van der Waals surface area contributed by atoms with Crippen molar-refractivity contribution in [2.75, 3.05) is 19.7 Å². The molecule has 0 aromatic heterocycles. The average molecular weight is 252 g/mol. The number of hydrogen-bond donors (Lipinski definition) is 1. The molecule has 0 radical (unpaired) electrons. The monoisotopic (exact) mass is 251 g/mol. The molecule has 2 aliphatic rings. The summed E-state index contributed by atoms with van der Waals surface area (Å²) < 4.78 is 5.78. The molecule has 1 atom stereocenters. The molecule has 3 rings (SSSR count). The van der Waals surface area contributed by atoms with E-state index in [0.717, 1.165) is 31.1 Å². The van der Waals surface area contributed by atoms with Gasteiger partial charge >= 0.3 is 0 Å². The molecule has 0 aliphatic carbocycles. The zero-order valence-electron chi connectivity index (χ0n) is 9.92. The summed E-state index contributed by atoms with van der Waals surface area (Å²) in [6, 6.07) is 8.29. The Hall–Kier alpha value is -0.570. The van der Waals surface area contributed by atoms with Gasteiger partial charge < -0.3 is 10.1 Å². The first-order chi connectivity index (χ1) is 8.28. The number of benzene rings is 1. The molecular formula is C14H18ClNO. The minimum atomic E-state index is 0.250. The van der Waals surface area contributed by atoms with Gasteiger partial charge in [-0.1, -0.05) is 23.7 Å². The van der Waals surface area contributed by atoms with Crippen LogP contribution in [0.15, 0.2) is 24.3 Å². The van der Waals surface area contributed by atoms with Crippen LogP contribution in [0.2, 0.25) is 5.02 Å². The van der Waals surface area contributed by atoms with Gasteiger partial charge in [-0.15, -0.1) is 0 Å². The normalized spacial score (nSPS) is 26.8. The van der Waals surface area contributed by atoms with E-state index in [1.165, 1.54) is 18.4 Å². The first kappa shape index (κ1) is 11.5. The molecule has 1 unspecified atom stereocenters. The smallest absolute Gasteiger partial charge is 0.0585 e. The van der Waals surface area contributed by atoms with Gasteiger partial charge in [0.1, 0.15) is 0 Å². The minimum Gasteiger partial charge on any atom is -0.378 e. The van der Waals surface area contributed by atoms with E-state index in [-0.39, 0.29) is 5.41 Å². The van der Waals surface area contributed by atoms with E-state index in [1.807, 2.05) is 12.1 Å². The van der Waals surface area contributed by atoms with Crippen LogP contribution in [-0.4, -0.2) is 25.8 Å². The molecule has 1 N–H and O–H groups in total. The van der Waals surface area contributed by atoms with Crippen molar-refractivity contribution in [1.82, 2.24) is 5.32 Å². The van der Waals surface area contributed by atoms with E-state index in [9.17, 15) is 0 Å². The highest BCUT2D eigenvalue weighted by molar-refractivity contribution is 6.30. The molecule has 2 fully saturated rings. The van der Waals surface area contributed by atoms with E-state index in [1.54, 1.807) is 0 Å². The minimum absolute atomic E-state index is 0.250. The zero-order valence-corrected chi connectivity index (χ0v) is 10.7. The number of ether oxygens (including phenoxy) is 1. The number of hydrogen-bond acceptors (Lipinski definition) is 2. The van der Waals surface area contributed by atoms with Gasteiger partial charge in [0.25, 0.3) is 0 Å². The van der Waals surface area contributed by atoms with Crippen LogP contribution in [0.1, 0.15) is 24.8 Å². The van der Waals surface area contributed by atoms with Gasteiger partial charge in [-0.25, -0.2) is 0 Å². The van der Waals surface area contributed by atoms with E-state index in [4.69, 9.17) is 16.3 Å². The average Bonchev–Trinajstić information content (AvgIpc) is 2.76. The molecule has 92 valence electrons. The highest BCUT2D eigenvalue weighted by Gasteiger charge is 2.41. The van der Waals surface area contributed by atoms with Crippen LogP contribution in [0.25, 0.3) is 0 Å². The predicted molar refractivity (Wildman–Crippen MR) is 69.6 cm³/mol. The second-order valence-electron chi connectivity index (χ2n) is 5.23. The Morgan fingerprint density at radius 2 is 2.29 bits per heavy atom. The molecule has 2 heterocycles. The fourth-order valence-corrected chi connectivity index (χ4v) is 3.14. The van der Waals surface area contributed by atoms with Gasteiger partial charge in [-0.05, 0) is 37.0 Å². The van der Waals surface area contributed by atoms with Crippen LogP contribution in [0, 0.1) is 0 Å². The Labute approximate surface area is 107 Å². The first-order valence-corrected chi connectivity index (χ1v) is 6.75. The molecule has 3 heteroatoms. The largest absolute Gasteiger partial charge is 0.378 e. The summed E-state index contributed by atoms with van der Waals surface area (Å²) in [4.78, 5) is 0. The summed E-state index contributed by atoms with van der Waals surface area (Å²) in [7, 11) is 0. The topological polar surface area (TPSA) is 21.3 Å². The molecule has 0 bridgehead atoms. The second kappa shape index (κ2) is 4.60. The third-order valence-electron chi connectivity index (χ3n) is 4.01. The number of rotatable bonds is 3. The maximum absolute atomic E-state index is 6.10. The lowest BCUT2D eigenvalue weighted by atomic mass is 9.71. The number of nitrogens with one attached hydrogen (secondary N) is 1. The van der Waals surface area contributed by atoms with Gasteiger partial charge in [0.05, 0.1) is 6.10 Å². The van der Waals surface area contributed by atoms with Crippen LogP contribution >= 0.6 is 11.6 Å². The van der Waals surface area contributed by atoms with Crippen molar-refractivity contribution < 1.29 is 4.74 Å². The quantitative estimate of drug-likeness (QED) is 0.892. The Balaban J connectivity index is 1.81. The van der Waals surface area contributed by atoms with E-state index < -0.39 is 0 Å². The van der Waals surface area contributed by atoms with Crippen molar-refractivity contribution in [2.24, 2.45) is 0 Å². The summed E-state index contributed by atoms with van der Waals surface area (Å²) in [6.07, 6.45) is 3.99. The standard InChI is InChI=1S/C14H18ClNO/c15-12-4-1-3-11(7-12)14(9-16-10-14)8-13-5-2-6-17-13/h1,3-4,7,13,16H,2,5-6,8-10H2. The summed E-state index contributed by atoms with van der Waals surface area (Å²) in [5.41, 5.74) is 1.61. The van der Waals surface area contributed by atoms with Gasteiger partial charge in [0, 0.05) is 30.1 Å². The van der Waals surface area contributed by atoms with Crippen molar-refractivity contribution in [3.05, 3.63) is 34.9 Å². The van der Waals surface area contributed by atoms with E-state index in [2.05, 4.69) is 17.4 Å². The Morgan fingerprint density at radius 1 is 1.41 bits per heavy atom. The van der Waals surface area contributed by atoms with Crippen molar-refractivity contribution >= 4 is 11.6 Å². The zero-order chi connectivity index (χ0) is 11.7. The third-order valence-corrected chi connectivity index (χ3v) is 4.24. The molecule has 2 saturated heterocycles. The van der Waals surface area contributed by atoms with Crippen molar-refractivity contribution in [1.29, 1.82) is 0 Å². The van der Waals surface area contributed by atoms with Crippen LogP contribution in [0.3, 0.4) is 0 Å². The van der Waals surface area contributed by atoms with Crippen LogP contribution in [0.4, 0.5) is 0 Å². The Kier molecular flexibility index (Phi) is 3.12. The molecule has 2 nitrogen and oxygen atoms in total. The maximum Gasteiger partial charge on any atom is 0.0585 e. The lowest BCUT2D eigenvalue weighted by Crippen LogP contribution is -2.58. The third kappa shape index (κ3) is 2.22. The molecule has 0 saturated carbocycles. The second-order valence-corrected chi connectivity index (χ2v) is 5.67. The Bertz CT molecular complexity index is 397. The summed E-state index contributed by atoms with van der Waals surface area (Å²) in [6.45, 7) is 3.03. The van der Waals surface area contributed by atoms with Gasteiger partial charge in [0.15, 0.2) is 0 Å². The van der Waals surface area contributed by atoms with Crippen molar-refractivity contribution in [3.63, 3.8) is 0 Å². The Morgan fingerprint density at radius 3 is 2.88 bits per heavy atom. The summed E-state index contributed by atoms with van der Waals surface area (Å²) in [5, 5.41) is 4.23. The molecular weight excluding hydrogens is 234 g/mol. The van der Waals surface area contributed by atoms with Crippen molar-refractivity contribution in [2.45, 2.75) is 30.8 Å². The molecule has 0 amide bonds. The van der Waals surface area contributed by atoms with Gasteiger partial charge in [0.2, 0.25) is 0 Å². The van der Waals surface area contributed by atoms with Crippen LogP contribution in [0.5, 0.6) is 0 Å². The molecule has 1 aromatic rings. The predicted octanol–water partition coefficient (Wildman–Crippen LogP) is 2.75. The highest BCUT2D eigenvalue weighted by Crippen LogP contribution is 2.37. The summed E-state index contributed by atoms with van der Waals surface area (Å²) >= 11 is 6.10. The SMILES string of the molecule is Clc1cccc(C2(CC3CCCO3)CNC2)c1. The van der Waals surface area contributed by atoms with E-state index in [0.29, 0.717) is 6.10 Å². The lowest BCUT2D eigenvalue weighted by molar-refractivity contribution is 0.0681. The molecule has 1 aromatic carbocycles. The fourth-order valence-electron chi connectivity index (χ4n) is 2.95. The molecule has 0 spiro atoms. The van der Waals surface area contributed by atoms with E-state index >= 15 is 0 Å². The van der Waals surface area contributed by atoms with Crippen LogP contribution < -0.4 is 5.32 Å². The van der Waals surface area contributed by atoms with Gasteiger partial charge in [-0.2, -0.15) is 0 Å². The molecule has 2 aliphatic heterocycles. The summed E-state index contributed by atoms with van der Waals surface area (Å²) in [5.74, 6) is 0. The van der Waals surface area contributed by atoms with Gasteiger partial charge in [-0.3, -0.25) is 0 Å². The fraction of sp³-hybridized carbons (Fsp3) is 0.571. The highest BCUT2D eigenvalue weighted by atomic mass is 35.5. The number of halogens is 1. The maximum atomic E-state index is 6.10. The van der Waals surface area contributed by atoms with Crippen LogP contribution in [-0.2, 0) is 10.2 Å². The molecule has 17 heavy (non-hydrogen) atoms. The van der Waals surface area contributed by atoms with Crippen molar-refractivity contribution in [3.8, 4) is 0 Å². The first-order valence-electron chi connectivity index (χ1n) is 6.37.